The molecule has 4 nitrogen and oxygen atoms in total. The maximum Gasteiger partial charge on any atom is 0.243 e. The number of rotatable bonds is 3. The molecule has 2 aromatic rings. The number of sulfonamides is 1. The first-order chi connectivity index (χ1) is 11.4. The number of hydrogen-bond donors (Lipinski definition) is 0. The summed E-state index contributed by atoms with van der Waals surface area (Å²) in [6, 6.07) is 14.8. The van der Waals surface area contributed by atoms with Gasteiger partial charge >= 0.3 is 0 Å². The second kappa shape index (κ2) is 6.75. The summed E-state index contributed by atoms with van der Waals surface area (Å²) >= 11 is 5.85. The van der Waals surface area contributed by atoms with Crippen LogP contribution >= 0.6 is 11.6 Å². The average Bonchev–Trinajstić information content (AvgIpc) is 2.56. The van der Waals surface area contributed by atoms with Gasteiger partial charge in [0.1, 0.15) is 0 Å². The normalized spacial score (nSPS) is 19.5. The second-order valence-corrected chi connectivity index (χ2v) is 8.57. The Kier molecular flexibility index (Phi) is 4.85. The zero-order chi connectivity index (χ0) is 17.3. The lowest BCUT2D eigenvalue weighted by atomic mass is 10.1. The molecule has 1 heterocycles. The van der Waals surface area contributed by atoms with E-state index in [9.17, 15) is 8.42 Å². The van der Waals surface area contributed by atoms with Gasteiger partial charge in [-0.2, -0.15) is 4.31 Å². The van der Waals surface area contributed by atoms with Gasteiger partial charge in [0.2, 0.25) is 10.0 Å². The Bertz CT molecular complexity index is 804. The number of halogens is 1. The van der Waals surface area contributed by atoms with E-state index in [1.54, 1.807) is 28.6 Å². The van der Waals surface area contributed by atoms with E-state index in [-0.39, 0.29) is 6.04 Å². The highest BCUT2D eigenvalue weighted by molar-refractivity contribution is 7.89. The summed E-state index contributed by atoms with van der Waals surface area (Å²) in [5.41, 5.74) is 2.35. The van der Waals surface area contributed by atoms with Crippen LogP contribution in [0.5, 0.6) is 0 Å². The molecule has 0 spiro atoms. The van der Waals surface area contributed by atoms with Gasteiger partial charge in [-0.15, -0.1) is 0 Å². The molecule has 1 fully saturated rings. The third-order valence-electron chi connectivity index (χ3n) is 4.41. The van der Waals surface area contributed by atoms with E-state index in [4.69, 9.17) is 11.6 Å². The zero-order valence-electron chi connectivity index (χ0n) is 13.8. The van der Waals surface area contributed by atoms with Crippen LogP contribution in [0.25, 0.3) is 0 Å². The Morgan fingerprint density at radius 1 is 1.00 bits per heavy atom. The van der Waals surface area contributed by atoms with Crippen LogP contribution in [-0.4, -0.2) is 38.4 Å². The molecule has 24 heavy (non-hydrogen) atoms. The molecule has 0 amide bonds. The predicted molar refractivity (Wildman–Crippen MR) is 98.2 cm³/mol. The number of benzene rings is 2. The van der Waals surface area contributed by atoms with Crippen LogP contribution in [0.15, 0.2) is 53.4 Å². The maximum absolute atomic E-state index is 12.8. The van der Waals surface area contributed by atoms with Crippen molar-refractivity contribution in [3.63, 3.8) is 0 Å². The van der Waals surface area contributed by atoms with Crippen molar-refractivity contribution in [2.24, 2.45) is 0 Å². The summed E-state index contributed by atoms with van der Waals surface area (Å²) in [5, 5.41) is 0.534. The summed E-state index contributed by atoms with van der Waals surface area (Å²) in [7, 11) is -3.48. The molecular formula is C18H21ClN2O2S. The first kappa shape index (κ1) is 17.3. The van der Waals surface area contributed by atoms with E-state index >= 15 is 0 Å². The molecule has 6 heteroatoms. The molecule has 0 aliphatic carbocycles. The summed E-state index contributed by atoms with van der Waals surface area (Å²) in [6.07, 6.45) is 0. The van der Waals surface area contributed by atoms with E-state index in [2.05, 4.69) is 43.0 Å². The Morgan fingerprint density at radius 2 is 1.62 bits per heavy atom. The van der Waals surface area contributed by atoms with Crippen LogP contribution in [0.2, 0.25) is 5.02 Å². The van der Waals surface area contributed by atoms with Crippen molar-refractivity contribution in [2.45, 2.75) is 24.8 Å². The van der Waals surface area contributed by atoms with E-state index in [0.29, 0.717) is 29.6 Å². The van der Waals surface area contributed by atoms with Crippen LogP contribution in [0, 0.1) is 6.92 Å². The van der Waals surface area contributed by atoms with Gasteiger partial charge in [-0.3, -0.25) is 0 Å². The van der Waals surface area contributed by atoms with Gasteiger partial charge in [0.25, 0.3) is 0 Å². The molecule has 0 bridgehead atoms. The molecule has 1 atom stereocenters. The average molecular weight is 365 g/mol. The first-order valence-electron chi connectivity index (χ1n) is 7.97. The highest BCUT2D eigenvalue weighted by Gasteiger charge is 2.32. The summed E-state index contributed by atoms with van der Waals surface area (Å²) in [6.45, 7) is 5.74. The predicted octanol–water partition coefficient (Wildman–Crippen LogP) is 3.55. The van der Waals surface area contributed by atoms with Gasteiger partial charge in [-0.05, 0) is 50.2 Å². The topological polar surface area (TPSA) is 40.6 Å². The maximum atomic E-state index is 12.8. The largest absolute Gasteiger partial charge is 0.366 e. The SMILES string of the molecule is Cc1ccc(N2CCN(S(=O)(=O)c3ccc(Cl)cc3)CC2C)cc1. The van der Waals surface area contributed by atoms with E-state index < -0.39 is 10.0 Å². The highest BCUT2D eigenvalue weighted by Crippen LogP contribution is 2.25. The first-order valence-corrected chi connectivity index (χ1v) is 9.79. The minimum Gasteiger partial charge on any atom is -0.366 e. The standard InChI is InChI=1S/C18H21ClN2O2S/c1-14-3-7-17(8-4-14)21-12-11-20(13-15(21)2)24(22,23)18-9-5-16(19)6-10-18/h3-10,15H,11-13H2,1-2H3. The van der Waals surface area contributed by atoms with Gasteiger partial charge in [0.15, 0.2) is 0 Å². The van der Waals surface area contributed by atoms with Crippen LogP contribution in [-0.2, 0) is 10.0 Å². The lowest BCUT2D eigenvalue weighted by Gasteiger charge is -2.40. The minimum atomic E-state index is -3.48. The third kappa shape index (κ3) is 3.43. The number of piperazine rings is 1. The fraction of sp³-hybridized carbons (Fsp3) is 0.333. The summed E-state index contributed by atoms with van der Waals surface area (Å²) in [5.74, 6) is 0. The fourth-order valence-electron chi connectivity index (χ4n) is 3.02. The zero-order valence-corrected chi connectivity index (χ0v) is 15.4. The Balaban J connectivity index is 1.77. The quantitative estimate of drug-likeness (QED) is 0.836. The Labute approximate surface area is 148 Å². The van der Waals surface area contributed by atoms with Crippen molar-refractivity contribution in [1.29, 1.82) is 0 Å². The van der Waals surface area contributed by atoms with Crippen molar-refractivity contribution >= 4 is 27.3 Å². The highest BCUT2D eigenvalue weighted by atomic mass is 35.5. The molecule has 0 radical (unpaired) electrons. The summed E-state index contributed by atoms with van der Waals surface area (Å²) in [4.78, 5) is 2.55. The minimum absolute atomic E-state index is 0.114. The molecule has 0 saturated carbocycles. The van der Waals surface area contributed by atoms with E-state index in [0.717, 1.165) is 5.69 Å². The number of hydrogen-bond acceptors (Lipinski definition) is 3. The van der Waals surface area contributed by atoms with Crippen molar-refractivity contribution in [3.8, 4) is 0 Å². The van der Waals surface area contributed by atoms with E-state index in [1.165, 1.54) is 5.56 Å². The van der Waals surface area contributed by atoms with Gasteiger partial charge in [-0.1, -0.05) is 29.3 Å². The lowest BCUT2D eigenvalue weighted by molar-refractivity contribution is 0.342. The van der Waals surface area contributed by atoms with Crippen LogP contribution in [0.3, 0.4) is 0 Å². The lowest BCUT2D eigenvalue weighted by Crippen LogP contribution is -2.53. The van der Waals surface area contributed by atoms with Gasteiger partial charge in [0.05, 0.1) is 4.90 Å². The summed E-state index contributed by atoms with van der Waals surface area (Å²) < 4.78 is 27.2. The molecule has 0 N–H and O–H groups in total. The smallest absolute Gasteiger partial charge is 0.243 e. The van der Waals surface area contributed by atoms with Gasteiger partial charge < -0.3 is 4.90 Å². The molecule has 1 unspecified atom stereocenters. The molecule has 1 saturated heterocycles. The Morgan fingerprint density at radius 3 is 2.21 bits per heavy atom. The second-order valence-electron chi connectivity index (χ2n) is 6.19. The molecule has 0 aromatic heterocycles. The fourth-order valence-corrected chi connectivity index (χ4v) is 4.66. The van der Waals surface area contributed by atoms with Crippen LogP contribution in [0.1, 0.15) is 12.5 Å². The number of anilines is 1. The van der Waals surface area contributed by atoms with Crippen molar-refractivity contribution in [3.05, 3.63) is 59.1 Å². The van der Waals surface area contributed by atoms with Crippen molar-refractivity contribution in [2.75, 3.05) is 24.5 Å². The van der Waals surface area contributed by atoms with Gasteiger partial charge in [0, 0.05) is 36.4 Å². The van der Waals surface area contributed by atoms with Gasteiger partial charge in [-0.25, -0.2) is 8.42 Å². The Hall–Kier alpha value is -1.56. The molecule has 3 rings (SSSR count). The molecule has 1 aliphatic rings. The van der Waals surface area contributed by atoms with Crippen LogP contribution < -0.4 is 4.90 Å². The van der Waals surface area contributed by atoms with Crippen molar-refractivity contribution in [1.82, 2.24) is 4.31 Å². The van der Waals surface area contributed by atoms with E-state index in [1.807, 2.05) is 0 Å². The van der Waals surface area contributed by atoms with Crippen molar-refractivity contribution < 1.29 is 8.42 Å². The molecule has 128 valence electrons. The number of aryl methyl sites for hydroxylation is 1. The number of nitrogens with zero attached hydrogens (tertiary/aromatic N) is 2. The van der Waals surface area contributed by atoms with Crippen LogP contribution in [0.4, 0.5) is 5.69 Å². The molecule has 1 aliphatic heterocycles. The molecular weight excluding hydrogens is 344 g/mol. The molecule has 2 aromatic carbocycles. The third-order valence-corrected chi connectivity index (χ3v) is 6.54. The monoisotopic (exact) mass is 364 g/mol.